The third kappa shape index (κ3) is 4.94. The van der Waals surface area contributed by atoms with Crippen molar-refractivity contribution in [3.05, 3.63) is 28.4 Å². The van der Waals surface area contributed by atoms with E-state index in [2.05, 4.69) is 40.1 Å². The molecule has 0 saturated carbocycles. The largest absolute Gasteiger partial charge is 0.461 e. The van der Waals surface area contributed by atoms with Gasteiger partial charge in [-0.05, 0) is 31.5 Å². The number of hydrogen-bond acceptors (Lipinski definition) is 3. The minimum atomic E-state index is -0.463. The normalized spacial score (nSPS) is 22.2. The van der Waals surface area contributed by atoms with Gasteiger partial charge in [-0.15, -0.1) is 0 Å². The number of benzene rings is 1. The Hall–Kier alpha value is -1.86. The molecule has 1 aliphatic rings. The standard InChI is InChI=1S/C21H28BrN3O3/c1-4-28-21(27)20-19(16-10-15(22)5-6-17(16)23-20)24-18(26)7-8-25-11-13(2)9-14(3)12-25/h5-6,10,13-14,23H,4,7-9,11-12H2,1-3H3,(H,24,26)/p+1/t13-,14+. The number of aromatic nitrogens is 1. The van der Waals surface area contributed by atoms with Crippen molar-refractivity contribution < 1.29 is 19.2 Å². The molecule has 3 rings (SSSR count). The van der Waals surface area contributed by atoms with Crippen LogP contribution in [-0.2, 0) is 9.53 Å². The molecule has 0 spiro atoms. The first-order chi connectivity index (χ1) is 13.4. The molecule has 0 aliphatic carbocycles. The first-order valence-corrected chi connectivity index (χ1v) is 10.8. The molecule has 1 aromatic carbocycles. The molecule has 0 bridgehead atoms. The van der Waals surface area contributed by atoms with Crippen molar-refractivity contribution >= 4 is 44.4 Å². The summed E-state index contributed by atoms with van der Waals surface area (Å²) in [5.41, 5.74) is 1.57. The average Bonchev–Trinajstić information content (AvgIpc) is 2.97. The van der Waals surface area contributed by atoms with Crippen molar-refractivity contribution in [2.24, 2.45) is 11.8 Å². The van der Waals surface area contributed by atoms with Gasteiger partial charge in [0.25, 0.3) is 0 Å². The third-order valence-corrected chi connectivity index (χ3v) is 5.78. The van der Waals surface area contributed by atoms with Crippen LogP contribution in [0, 0.1) is 11.8 Å². The SMILES string of the molecule is CCOC(=O)c1[nH]c2ccc(Br)cc2c1NC(=O)CC[NH+]1C[C@H](C)C[C@H](C)C1. The van der Waals surface area contributed by atoms with E-state index in [-0.39, 0.29) is 18.2 Å². The number of rotatable bonds is 6. The number of nitrogens with one attached hydrogen (secondary N) is 3. The summed E-state index contributed by atoms with van der Waals surface area (Å²) < 4.78 is 6.03. The summed E-state index contributed by atoms with van der Waals surface area (Å²) in [5, 5.41) is 3.75. The van der Waals surface area contributed by atoms with E-state index >= 15 is 0 Å². The molecule has 2 aromatic rings. The zero-order valence-electron chi connectivity index (χ0n) is 16.7. The van der Waals surface area contributed by atoms with Crippen LogP contribution >= 0.6 is 15.9 Å². The van der Waals surface area contributed by atoms with Crippen LogP contribution in [0.1, 0.15) is 44.1 Å². The molecule has 1 aliphatic heterocycles. The predicted molar refractivity (Wildman–Crippen MR) is 114 cm³/mol. The highest BCUT2D eigenvalue weighted by molar-refractivity contribution is 9.10. The summed E-state index contributed by atoms with van der Waals surface area (Å²) in [6.45, 7) is 9.65. The quantitative estimate of drug-likeness (QED) is 0.592. The topological polar surface area (TPSA) is 75.6 Å². The van der Waals surface area contributed by atoms with E-state index < -0.39 is 5.97 Å². The molecule has 2 heterocycles. The molecule has 3 atom stereocenters. The Kier molecular flexibility index (Phi) is 6.78. The summed E-state index contributed by atoms with van der Waals surface area (Å²) in [4.78, 5) is 29.6. The van der Waals surface area contributed by atoms with Crippen LogP contribution < -0.4 is 10.2 Å². The minimum Gasteiger partial charge on any atom is -0.461 e. The molecule has 0 radical (unpaired) electrons. The fraction of sp³-hybridized carbons (Fsp3) is 0.524. The van der Waals surface area contributed by atoms with Crippen LogP contribution in [0.4, 0.5) is 5.69 Å². The van der Waals surface area contributed by atoms with E-state index in [9.17, 15) is 9.59 Å². The number of H-pyrrole nitrogens is 1. The summed E-state index contributed by atoms with van der Waals surface area (Å²) in [6, 6.07) is 5.66. The van der Waals surface area contributed by atoms with Crippen LogP contribution in [0.2, 0.25) is 0 Å². The molecular formula is C21H29BrN3O3+. The van der Waals surface area contributed by atoms with Crippen LogP contribution in [0.25, 0.3) is 10.9 Å². The van der Waals surface area contributed by atoms with Crippen molar-refractivity contribution in [3.8, 4) is 0 Å². The highest BCUT2D eigenvalue weighted by atomic mass is 79.9. The first kappa shape index (κ1) is 20.9. The number of hydrogen-bond donors (Lipinski definition) is 3. The number of carbonyl (C=O) groups is 2. The van der Waals surface area contributed by atoms with Crippen LogP contribution in [0.5, 0.6) is 0 Å². The zero-order valence-corrected chi connectivity index (χ0v) is 18.3. The van der Waals surface area contributed by atoms with E-state index in [1.165, 1.54) is 11.3 Å². The lowest BCUT2D eigenvalue weighted by atomic mass is 9.92. The molecule has 28 heavy (non-hydrogen) atoms. The molecule has 3 N–H and O–H groups in total. The molecule has 1 amide bonds. The van der Waals surface area contributed by atoms with Crippen molar-refractivity contribution in [2.45, 2.75) is 33.6 Å². The zero-order chi connectivity index (χ0) is 20.3. The average molecular weight is 451 g/mol. The summed E-state index contributed by atoms with van der Waals surface area (Å²) in [6.07, 6.45) is 1.69. The van der Waals surface area contributed by atoms with Gasteiger partial charge >= 0.3 is 5.97 Å². The van der Waals surface area contributed by atoms with Gasteiger partial charge in [-0.25, -0.2) is 4.79 Å². The molecule has 152 valence electrons. The molecular weight excluding hydrogens is 422 g/mol. The van der Waals surface area contributed by atoms with E-state index in [0.717, 1.165) is 35.0 Å². The second-order valence-corrected chi connectivity index (χ2v) is 8.85. The van der Waals surface area contributed by atoms with Crippen LogP contribution in [0.3, 0.4) is 0 Å². The Morgan fingerprint density at radius 1 is 1.29 bits per heavy atom. The fourth-order valence-electron chi connectivity index (χ4n) is 4.27. The van der Waals surface area contributed by atoms with Gasteiger partial charge in [0.15, 0.2) is 0 Å². The predicted octanol–water partition coefficient (Wildman–Crippen LogP) is 3.00. The number of quaternary nitrogens is 1. The summed E-state index contributed by atoms with van der Waals surface area (Å²) >= 11 is 3.46. The van der Waals surface area contributed by atoms with Crippen LogP contribution in [-0.4, -0.2) is 43.1 Å². The molecule has 1 fully saturated rings. The maximum absolute atomic E-state index is 12.7. The van der Waals surface area contributed by atoms with Crippen molar-refractivity contribution in [3.63, 3.8) is 0 Å². The van der Waals surface area contributed by atoms with E-state index in [1.54, 1.807) is 6.92 Å². The number of esters is 1. The number of amides is 1. The minimum absolute atomic E-state index is 0.0789. The number of ether oxygens (including phenoxy) is 1. The highest BCUT2D eigenvalue weighted by Crippen LogP contribution is 2.31. The maximum atomic E-state index is 12.7. The Morgan fingerprint density at radius 3 is 2.68 bits per heavy atom. The Bertz CT molecular complexity index is 854. The van der Waals surface area contributed by atoms with E-state index in [0.29, 0.717) is 23.9 Å². The monoisotopic (exact) mass is 450 g/mol. The second-order valence-electron chi connectivity index (χ2n) is 7.94. The van der Waals surface area contributed by atoms with E-state index in [1.807, 2.05) is 18.2 Å². The Morgan fingerprint density at radius 2 is 2.00 bits per heavy atom. The van der Waals surface area contributed by atoms with Crippen LogP contribution in [0.15, 0.2) is 22.7 Å². The van der Waals surface area contributed by atoms with Gasteiger partial charge < -0.3 is 19.9 Å². The summed E-state index contributed by atoms with van der Waals surface area (Å²) in [5.74, 6) is 0.852. The van der Waals surface area contributed by atoms with Gasteiger partial charge in [-0.3, -0.25) is 4.79 Å². The highest BCUT2D eigenvalue weighted by Gasteiger charge is 2.26. The Labute approximate surface area is 174 Å². The second kappa shape index (κ2) is 9.09. The van der Waals surface area contributed by atoms with Gasteiger partial charge in [0.2, 0.25) is 5.91 Å². The maximum Gasteiger partial charge on any atom is 0.356 e. The Balaban J connectivity index is 1.74. The number of anilines is 1. The molecule has 1 unspecified atom stereocenters. The molecule has 6 nitrogen and oxygen atoms in total. The van der Waals surface area contributed by atoms with Gasteiger partial charge in [-0.2, -0.15) is 0 Å². The molecule has 7 heteroatoms. The number of likely N-dealkylation sites (tertiary alicyclic amines) is 1. The van der Waals surface area contributed by atoms with Gasteiger partial charge in [0.05, 0.1) is 38.3 Å². The lowest BCUT2D eigenvalue weighted by molar-refractivity contribution is -0.911. The molecule has 1 saturated heterocycles. The number of piperidine rings is 1. The van der Waals surface area contributed by atoms with Crippen molar-refractivity contribution in [2.75, 3.05) is 31.6 Å². The molecule has 1 aromatic heterocycles. The lowest BCUT2D eigenvalue weighted by Crippen LogP contribution is -3.14. The third-order valence-electron chi connectivity index (χ3n) is 5.29. The number of aromatic amines is 1. The van der Waals surface area contributed by atoms with Gasteiger partial charge in [0, 0.05) is 27.2 Å². The van der Waals surface area contributed by atoms with E-state index in [4.69, 9.17) is 4.74 Å². The van der Waals surface area contributed by atoms with Crippen molar-refractivity contribution in [1.82, 2.24) is 4.98 Å². The van der Waals surface area contributed by atoms with Gasteiger partial charge in [0.1, 0.15) is 5.69 Å². The number of carbonyl (C=O) groups excluding carboxylic acids is 2. The number of fused-ring (bicyclic) bond motifs is 1. The lowest BCUT2D eigenvalue weighted by Gasteiger charge is -2.31. The van der Waals surface area contributed by atoms with Crippen molar-refractivity contribution in [1.29, 1.82) is 0 Å². The number of halogens is 1. The van der Waals surface area contributed by atoms with Gasteiger partial charge in [-0.1, -0.05) is 29.8 Å². The fourth-order valence-corrected chi connectivity index (χ4v) is 4.63. The smallest absolute Gasteiger partial charge is 0.356 e. The first-order valence-electron chi connectivity index (χ1n) is 9.99. The summed E-state index contributed by atoms with van der Waals surface area (Å²) in [7, 11) is 0.